The third kappa shape index (κ3) is 4.23. The van der Waals surface area contributed by atoms with Crippen LogP contribution in [0.2, 0.25) is 0 Å². The van der Waals surface area contributed by atoms with Gasteiger partial charge in [0, 0.05) is 31.9 Å². The zero-order valence-corrected chi connectivity index (χ0v) is 16.9. The number of ether oxygens (including phenoxy) is 1. The second kappa shape index (κ2) is 8.22. The van der Waals surface area contributed by atoms with Crippen molar-refractivity contribution in [3.63, 3.8) is 0 Å². The van der Waals surface area contributed by atoms with E-state index in [4.69, 9.17) is 4.74 Å². The highest BCUT2D eigenvalue weighted by molar-refractivity contribution is 6.22. The Hall–Kier alpha value is -3.07. The van der Waals surface area contributed by atoms with Crippen molar-refractivity contribution in [1.82, 2.24) is 4.90 Å². The molecule has 6 nitrogen and oxygen atoms in total. The van der Waals surface area contributed by atoms with Gasteiger partial charge >= 0.3 is 6.18 Å². The summed E-state index contributed by atoms with van der Waals surface area (Å²) in [6.45, 7) is 2.61. The van der Waals surface area contributed by atoms with Gasteiger partial charge in [-0.1, -0.05) is 0 Å². The molecule has 0 saturated carbocycles. The first kappa shape index (κ1) is 21.2. The van der Waals surface area contributed by atoms with Crippen LogP contribution >= 0.6 is 0 Å². The number of carbonyl (C=O) groups is 2. The van der Waals surface area contributed by atoms with Crippen molar-refractivity contribution in [3.05, 3.63) is 54.1 Å². The summed E-state index contributed by atoms with van der Waals surface area (Å²) in [7, 11) is 1.61. The standard InChI is InChI=1S/C22H22F3N3O3/c1-31-18-8-6-16(7-9-18)26-10-12-27(13-11-26)19-14-20(29)28(21(19)30)17-4-2-15(3-5-17)22(23,24)25/h2-9,19H,10-14H2,1H3/t19-/m1/s1. The van der Waals surface area contributed by atoms with E-state index in [1.165, 1.54) is 12.1 Å². The number of hydrogen-bond donors (Lipinski definition) is 0. The number of piperazine rings is 1. The highest BCUT2D eigenvalue weighted by Gasteiger charge is 2.43. The number of halogens is 3. The van der Waals surface area contributed by atoms with Crippen LogP contribution in [-0.2, 0) is 15.8 Å². The SMILES string of the molecule is COc1ccc(N2CCN([C@@H]3CC(=O)N(c4ccc(C(F)(F)F)cc4)C3=O)CC2)cc1. The van der Waals surface area contributed by atoms with E-state index < -0.39 is 23.7 Å². The minimum atomic E-state index is -4.47. The summed E-state index contributed by atoms with van der Waals surface area (Å²) >= 11 is 0. The lowest BCUT2D eigenvalue weighted by molar-refractivity contribution is -0.137. The molecular weight excluding hydrogens is 411 g/mol. The fraction of sp³-hybridized carbons (Fsp3) is 0.364. The van der Waals surface area contributed by atoms with Gasteiger partial charge < -0.3 is 9.64 Å². The van der Waals surface area contributed by atoms with E-state index >= 15 is 0 Å². The lowest BCUT2D eigenvalue weighted by Crippen LogP contribution is -2.52. The van der Waals surface area contributed by atoms with E-state index in [0.29, 0.717) is 26.2 Å². The molecule has 2 heterocycles. The summed E-state index contributed by atoms with van der Waals surface area (Å²) in [5, 5.41) is 0. The Morgan fingerprint density at radius 1 is 0.871 bits per heavy atom. The van der Waals surface area contributed by atoms with Crippen molar-refractivity contribution in [2.45, 2.75) is 18.6 Å². The predicted octanol–water partition coefficient (Wildman–Crippen LogP) is 3.17. The highest BCUT2D eigenvalue weighted by atomic mass is 19.4. The number of imide groups is 1. The number of benzene rings is 2. The van der Waals surface area contributed by atoms with Crippen molar-refractivity contribution in [2.75, 3.05) is 43.1 Å². The predicted molar refractivity (Wildman–Crippen MR) is 109 cm³/mol. The fourth-order valence-corrected chi connectivity index (χ4v) is 4.06. The van der Waals surface area contributed by atoms with E-state index in [2.05, 4.69) is 4.90 Å². The summed E-state index contributed by atoms with van der Waals surface area (Å²) in [5.41, 5.74) is 0.407. The van der Waals surface area contributed by atoms with Crippen LogP contribution < -0.4 is 14.5 Å². The molecule has 2 amide bonds. The molecule has 0 spiro atoms. The number of methoxy groups -OCH3 is 1. The van der Waals surface area contributed by atoms with Gasteiger partial charge in [-0.2, -0.15) is 13.2 Å². The Kier molecular flexibility index (Phi) is 5.62. The number of amides is 2. The molecule has 2 saturated heterocycles. The summed E-state index contributed by atoms with van der Waals surface area (Å²) < 4.78 is 43.5. The van der Waals surface area contributed by atoms with Gasteiger partial charge in [0.1, 0.15) is 5.75 Å². The first-order chi connectivity index (χ1) is 14.8. The van der Waals surface area contributed by atoms with Crippen LogP contribution in [0.5, 0.6) is 5.75 Å². The van der Waals surface area contributed by atoms with E-state index in [-0.39, 0.29) is 18.0 Å². The van der Waals surface area contributed by atoms with Crippen LogP contribution in [0.4, 0.5) is 24.5 Å². The molecule has 1 atom stereocenters. The number of alkyl halides is 3. The molecule has 0 bridgehead atoms. The molecule has 0 aliphatic carbocycles. The molecule has 9 heteroatoms. The number of nitrogens with zero attached hydrogens (tertiary/aromatic N) is 3. The molecule has 4 rings (SSSR count). The van der Waals surface area contributed by atoms with Crippen LogP contribution in [0.3, 0.4) is 0 Å². The van der Waals surface area contributed by atoms with Gasteiger partial charge in [0.2, 0.25) is 5.91 Å². The van der Waals surface area contributed by atoms with Gasteiger partial charge in [-0.15, -0.1) is 0 Å². The highest BCUT2D eigenvalue weighted by Crippen LogP contribution is 2.32. The van der Waals surface area contributed by atoms with Gasteiger partial charge in [0.15, 0.2) is 0 Å². The maximum atomic E-state index is 12.9. The van der Waals surface area contributed by atoms with E-state index in [9.17, 15) is 22.8 Å². The quantitative estimate of drug-likeness (QED) is 0.694. The third-order valence-corrected chi connectivity index (χ3v) is 5.77. The minimum absolute atomic E-state index is 0.0302. The maximum absolute atomic E-state index is 12.9. The molecule has 2 aromatic carbocycles. The Labute approximate surface area is 177 Å². The van der Waals surface area contributed by atoms with E-state index in [0.717, 1.165) is 28.5 Å². The average Bonchev–Trinajstić information content (AvgIpc) is 3.07. The molecule has 0 N–H and O–H groups in total. The second-order valence-electron chi connectivity index (χ2n) is 7.55. The van der Waals surface area contributed by atoms with E-state index in [1.807, 2.05) is 29.2 Å². The van der Waals surface area contributed by atoms with Gasteiger partial charge in [0.25, 0.3) is 5.91 Å². The lowest BCUT2D eigenvalue weighted by Gasteiger charge is -2.38. The molecule has 0 unspecified atom stereocenters. The van der Waals surface area contributed by atoms with Gasteiger partial charge in [-0.25, -0.2) is 4.90 Å². The monoisotopic (exact) mass is 433 g/mol. The van der Waals surface area contributed by atoms with E-state index in [1.54, 1.807) is 7.11 Å². The Morgan fingerprint density at radius 2 is 1.45 bits per heavy atom. The smallest absolute Gasteiger partial charge is 0.416 e. The van der Waals surface area contributed by atoms with Crippen LogP contribution in [0.15, 0.2) is 48.5 Å². The molecule has 31 heavy (non-hydrogen) atoms. The molecule has 2 aromatic rings. The van der Waals surface area contributed by atoms with Crippen molar-refractivity contribution >= 4 is 23.2 Å². The van der Waals surface area contributed by atoms with Crippen LogP contribution in [-0.4, -0.2) is 56.0 Å². The Bertz CT molecular complexity index is 953. The van der Waals surface area contributed by atoms with Crippen LogP contribution in [0, 0.1) is 0 Å². The molecular formula is C22H22F3N3O3. The number of carbonyl (C=O) groups excluding carboxylic acids is 2. The van der Waals surface area contributed by atoms with Crippen LogP contribution in [0.1, 0.15) is 12.0 Å². The molecule has 164 valence electrons. The Morgan fingerprint density at radius 3 is 2.00 bits per heavy atom. The van der Waals surface area contributed by atoms with Crippen molar-refractivity contribution in [2.24, 2.45) is 0 Å². The molecule has 0 aromatic heterocycles. The number of hydrogen-bond acceptors (Lipinski definition) is 5. The normalized spacial score (nSPS) is 20.5. The summed E-state index contributed by atoms with van der Waals surface area (Å²) in [4.78, 5) is 30.6. The topological polar surface area (TPSA) is 53.1 Å². The van der Waals surface area contributed by atoms with Gasteiger partial charge in [-0.05, 0) is 48.5 Å². The van der Waals surface area contributed by atoms with Gasteiger partial charge in [0.05, 0.1) is 30.8 Å². The maximum Gasteiger partial charge on any atom is 0.416 e. The zero-order chi connectivity index (χ0) is 22.2. The number of rotatable bonds is 4. The second-order valence-corrected chi connectivity index (χ2v) is 7.55. The Balaban J connectivity index is 1.41. The summed E-state index contributed by atoms with van der Waals surface area (Å²) in [6.07, 6.45) is -4.44. The fourth-order valence-electron chi connectivity index (χ4n) is 4.06. The largest absolute Gasteiger partial charge is 0.497 e. The summed E-state index contributed by atoms with van der Waals surface area (Å²) in [5.74, 6) is -0.00388. The average molecular weight is 433 g/mol. The lowest BCUT2D eigenvalue weighted by atomic mass is 10.1. The third-order valence-electron chi connectivity index (χ3n) is 5.77. The zero-order valence-electron chi connectivity index (χ0n) is 16.9. The van der Waals surface area contributed by atoms with Crippen molar-refractivity contribution in [3.8, 4) is 5.75 Å². The molecule has 2 aliphatic rings. The first-order valence-corrected chi connectivity index (χ1v) is 9.95. The van der Waals surface area contributed by atoms with Crippen molar-refractivity contribution < 1.29 is 27.5 Å². The van der Waals surface area contributed by atoms with Crippen LogP contribution in [0.25, 0.3) is 0 Å². The van der Waals surface area contributed by atoms with Gasteiger partial charge in [-0.3, -0.25) is 14.5 Å². The number of anilines is 2. The summed E-state index contributed by atoms with van der Waals surface area (Å²) in [6, 6.07) is 11.3. The van der Waals surface area contributed by atoms with Crippen molar-refractivity contribution in [1.29, 1.82) is 0 Å². The molecule has 2 fully saturated rings. The minimum Gasteiger partial charge on any atom is -0.497 e. The molecule has 0 radical (unpaired) electrons. The molecule has 2 aliphatic heterocycles. The first-order valence-electron chi connectivity index (χ1n) is 9.95.